The van der Waals surface area contributed by atoms with E-state index in [0.717, 1.165) is 25.3 Å². The van der Waals surface area contributed by atoms with Gasteiger partial charge >= 0.3 is 0 Å². The molecule has 1 aromatic heterocycles. The number of hydrogen-bond donors (Lipinski definition) is 1. The van der Waals surface area contributed by atoms with Gasteiger partial charge in [0.2, 0.25) is 0 Å². The van der Waals surface area contributed by atoms with E-state index in [4.69, 9.17) is 5.73 Å². The highest BCUT2D eigenvalue weighted by Gasteiger charge is 2.37. The van der Waals surface area contributed by atoms with Crippen molar-refractivity contribution in [1.82, 2.24) is 14.8 Å². The minimum absolute atomic E-state index is 0.279. The maximum Gasteiger partial charge on any atom is 0.138 e. The van der Waals surface area contributed by atoms with Crippen LogP contribution in [0.2, 0.25) is 0 Å². The van der Waals surface area contributed by atoms with Gasteiger partial charge in [-0.25, -0.2) is 0 Å². The molecule has 3 rings (SSSR count). The molecule has 4 heteroatoms. The number of fused-ring (bicyclic) bond motifs is 1. The molecule has 94 valence electrons. The monoisotopic (exact) mass is 234 g/mol. The molecule has 0 bridgehead atoms. The van der Waals surface area contributed by atoms with E-state index in [1.165, 1.54) is 37.9 Å². The second-order valence-electron chi connectivity index (χ2n) is 5.95. The fourth-order valence-corrected chi connectivity index (χ4v) is 3.42. The lowest BCUT2D eigenvalue weighted by Gasteiger charge is -2.27. The van der Waals surface area contributed by atoms with E-state index in [-0.39, 0.29) is 5.41 Å². The smallest absolute Gasteiger partial charge is 0.138 e. The first-order chi connectivity index (χ1) is 8.23. The molecular weight excluding hydrogens is 212 g/mol. The highest BCUT2D eigenvalue weighted by Crippen LogP contribution is 2.40. The molecule has 0 radical (unpaired) electrons. The van der Waals surface area contributed by atoms with Crippen LogP contribution in [0.1, 0.15) is 50.7 Å². The Kier molecular flexibility index (Phi) is 2.69. The average molecular weight is 234 g/mol. The van der Waals surface area contributed by atoms with Crippen molar-refractivity contribution in [2.24, 2.45) is 11.7 Å². The van der Waals surface area contributed by atoms with E-state index in [2.05, 4.69) is 21.7 Å². The van der Waals surface area contributed by atoms with Gasteiger partial charge in [0, 0.05) is 18.4 Å². The quantitative estimate of drug-likeness (QED) is 0.846. The van der Waals surface area contributed by atoms with Gasteiger partial charge in [-0.05, 0) is 31.7 Å². The van der Waals surface area contributed by atoms with Crippen molar-refractivity contribution in [2.75, 3.05) is 6.54 Å². The second kappa shape index (κ2) is 4.09. The lowest BCUT2D eigenvalue weighted by Crippen LogP contribution is -2.29. The topological polar surface area (TPSA) is 56.7 Å². The Labute approximate surface area is 103 Å². The molecule has 0 aromatic carbocycles. The van der Waals surface area contributed by atoms with Gasteiger partial charge in [0.25, 0.3) is 0 Å². The summed E-state index contributed by atoms with van der Waals surface area (Å²) >= 11 is 0. The van der Waals surface area contributed by atoms with E-state index < -0.39 is 0 Å². The molecular formula is C13H22N4. The third-order valence-electron chi connectivity index (χ3n) is 4.64. The Morgan fingerprint density at radius 2 is 2.12 bits per heavy atom. The minimum atomic E-state index is 0.279. The standard InChI is InChI=1S/C13H22N4/c1-13(5-2-3-6-13)12-16-15-11-8-10(9-14)4-7-17(11)12/h10H,2-9,14H2,1H3. The molecule has 1 atom stereocenters. The van der Waals surface area contributed by atoms with Crippen LogP contribution < -0.4 is 5.73 Å². The number of rotatable bonds is 2. The van der Waals surface area contributed by atoms with Gasteiger partial charge in [0.15, 0.2) is 0 Å². The van der Waals surface area contributed by atoms with Gasteiger partial charge in [-0.2, -0.15) is 0 Å². The van der Waals surface area contributed by atoms with E-state index >= 15 is 0 Å². The van der Waals surface area contributed by atoms with Crippen molar-refractivity contribution in [3.8, 4) is 0 Å². The van der Waals surface area contributed by atoms with Gasteiger partial charge < -0.3 is 10.3 Å². The summed E-state index contributed by atoms with van der Waals surface area (Å²) in [5.41, 5.74) is 6.04. The van der Waals surface area contributed by atoms with E-state index in [1.54, 1.807) is 0 Å². The molecule has 0 spiro atoms. The molecule has 0 amide bonds. The van der Waals surface area contributed by atoms with Gasteiger partial charge in [-0.3, -0.25) is 0 Å². The summed E-state index contributed by atoms with van der Waals surface area (Å²) in [5.74, 6) is 3.01. The molecule has 0 saturated heterocycles. The summed E-state index contributed by atoms with van der Waals surface area (Å²) in [4.78, 5) is 0. The summed E-state index contributed by atoms with van der Waals surface area (Å²) in [5, 5.41) is 8.89. The molecule has 2 heterocycles. The zero-order valence-electron chi connectivity index (χ0n) is 10.7. The molecule has 2 aliphatic rings. The van der Waals surface area contributed by atoms with Gasteiger partial charge in [-0.1, -0.05) is 19.8 Å². The Balaban J connectivity index is 1.91. The van der Waals surface area contributed by atoms with Crippen LogP contribution >= 0.6 is 0 Å². The van der Waals surface area contributed by atoms with Crippen LogP contribution in [0.25, 0.3) is 0 Å². The fraction of sp³-hybridized carbons (Fsp3) is 0.846. The Morgan fingerprint density at radius 1 is 1.35 bits per heavy atom. The summed E-state index contributed by atoms with van der Waals surface area (Å²) in [6.45, 7) is 4.20. The van der Waals surface area contributed by atoms with Gasteiger partial charge in [0.05, 0.1) is 0 Å². The molecule has 2 N–H and O–H groups in total. The minimum Gasteiger partial charge on any atom is -0.330 e. The van der Waals surface area contributed by atoms with Crippen LogP contribution in [0, 0.1) is 5.92 Å². The summed E-state index contributed by atoms with van der Waals surface area (Å²) < 4.78 is 2.37. The average Bonchev–Trinajstić information content (AvgIpc) is 2.95. The van der Waals surface area contributed by atoms with Crippen molar-refractivity contribution in [2.45, 2.75) is 57.4 Å². The third kappa shape index (κ3) is 1.79. The Hall–Kier alpha value is -0.900. The second-order valence-corrected chi connectivity index (χ2v) is 5.95. The maximum absolute atomic E-state index is 5.76. The van der Waals surface area contributed by atoms with Crippen molar-refractivity contribution in [3.05, 3.63) is 11.6 Å². The summed E-state index contributed by atoms with van der Waals surface area (Å²) in [7, 11) is 0. The first-order valence-electron chi connectivity index (χ1n) is 6.85. The highest BCUT2D eigenvalue weighted by atomic mass is 15.3. The molecule has 17 heavy (non-hydrogen) atoms. The predicted molar refractivity (Wildman–Crippen MR) is 66.7 cm³/mol. The Bertz CT molecular complexity index is 404. The van der Waals surface area contributed by atoms with Crippen LogP contribution in [0.5, 0.6) is 0 Å². The van der Waals surface area contributed by atoms with E-state index in [9.17, 15) is 0 Å². The first-order valence-corrected chi connectivity index (χ1v) is 6.85. The number of hydrogen-bond acceptors (Lipinski definition) is 3. The normalized spacial score (nSPS) is 27.1. The molecule has 1 aliphatic heterocycles. The third-order valence-corrected chi connectivity index (χ3v) is 4.64. The number of nitrogens with zero attached hydrogens (tertiary/aromatic N) is 3. The van der Waals surface area contributed by atoms with Crippen molar-refractivity contribution >= 4 is 0 Å². The van der Waals surface area contributed by atoms with E-state index in [1.807, 2.05) is 0 Å². The molecule has 1 fully saturated rings. The van der Waals surface area contributed by atoms with Crippen LogP contribution in [-0.4, -0.2) is 21.3 Å². The van der Waals surface area contributed by atoms with Crippen LogP contribution in [0.3, 0.4) is 0 Å². The Morgan fingerprint density at radius 3 is 2.82 bits per heavy atom. The zero-order valence-corrected chi connectivity index (χ0v) is 10.7. The van der Waals surface area contributed by atoms with Gasteiger partial charge in [0.1, 0.15) is 11.6 Å². The molecule has 1 aliphatic carbocycles. The lowest BCUT2D eigenvalue weighted by molar-refractivity contribution is 0.357. The maximum atomic E-state index is 5.76. The van der Waals surface area contributed by atoms with Crippen LogP contribution in [0.15, 0.2) is 0 Å². The van der Waals surface area contributed by atoms with Crippen LogP contribution in [0.4, 0.5) is 0 Å². The number of aromatic nitrogens is 3. The lowest BCUT2D eigenvalue weighted by atomic mass is 9.87. The predicted octanol–water partition coefficient (Wildman–Crippen LogP) is 1.63. The summed E-state index contributed by atoms with van der Waals surface area (Å²) in [6, 6.07) is 0. The molecule has 1 unspecified atom stereocenters. The van der Waals surface area contributed by atoms with Gasteiger partial charge in [-0.15, -0.1) is 10.2 Å². The van der Waals surface area contributed by atoms with Crippen molar-refractivity contribution in [3.63, 3.8) is 0 Å². The van der Waals surface area contributed by atoms with Crippen molar-refractivity contribution < 1.29 is 0 Å². The largest absolute Gasteiger partial charge is 0.330 e. The number of nitrogens with two attached hydrogens (primary N) is 1. The fourth-order valence-electron chi connectivity index (χ4n) is 3.42. The first kappa shape index (κ1) is 11.2. The SMILES string of the molecule is CC1(c2nnc3n2CCC(CN)C3)CCCC1. The highest BCUT2D eigenvalue weighted by molar-refractivity contribution is 5.13. The molecule has 1 aromatic rings. The van der Waals surface area contributed by atoms with Crippen molar-refractivity contribution in [1.29, 1.82) is 0 Å². The zero-order chi connectivity index (χ0) is 11.9. The van der Waals surface area contributed by atoms with E-state index in [0.29, 0.717) is 5.92 Å². The molecule has 1 saturated carbocycles. The van der Waals surface area contributed by atoms with Crippen LogP contribution in [-0.2, 0) is 18.4 Å². The summed E-state index contributed by atoms with van der Waals surface area (Å²) in [6.07, 6.45) is 7.41. The molecule has 4 nitrogen and oxygen atoms in total.